The Kier molecular flexibility index (Phi) is 3.01. The van der Waals surface area contributed by atoms with Crippen molar-refractivity contribution in [2.24, 2.45) is 0 Å². The van der Waals surface area contributed by atoms with E-state index in [0.717, 1.165) is 19.3 Å². The number of ketones is 1. The summed E-state index contributed by atoms with van der Waals surface area (Å²) in [5.41, 5.74) is 0.114. The van der Waals surface area contributed by atoms with Crippen molar-refractivity contribution in [3.63, 3.8) is 0 Å². The van der Waals surface area contributed by atoms with Crippen molar-refractivity contribution in [1.82, 2.24) is 4.90 Å². The Morgan fingerprint density at radius 2 is 2.23 bits per heavy atom. The highest BCUT2D eigenvalue weighted by molar-refractivity contribution is 6.00. The van der Waals surface area contributed by atoms with E-state index in [1.807, 2.05) is 29.2 Å². The normalized spacial score (nSPS) is 32.2. The summed E-state index contributed by atoms with van der Waals surface area (Å²) in [6, 6.07) is 7.55. The van der Waals surface area contributed by atoms with E-state index in [1.54, 1.807) is 0 Å². The zero-order valence-electron chi connectivity index (χ0n) is 12.6. The minimum atomic E-state index is -0.544. The third-order valence-corrected chi connectivity index (χ3v) is 5.21. The van der Waals surface area contributed by atoms with Gasteiger partial charge in [0.25, 0.3) is 0 Å². The number of fused-ring (bicyclic) bond motifs is 4. The molecule has 1 aromatic rings. The lowest BCUT2D eigenvalue weighted by Gasteiger charge is -2.40. The Morgan fingerprint density at radius 1 is 1.41 bits per heavy atom. The number of nitrogens with zero attached hydrogens (tertiary/aromatic N) is 1. The van der Waals surface area contributed by atoms with Crippen LogP contribution in [0.15, 0.2) is 24.3 Å². The van der Waals surface area contributed by atoms with E-state index in [0.29, 0.717) is 17.7 Å². The summed E-state index contributed by atoms with van der Waals surface area (Å²) >= 11 is 0. The molecule has 0 aliphatic carbocycles. The topological polar surface area (TPSA) is 55.8 Å². The first kappa shape index (κ1) is 13.8. The van der Waals surface area contributed by atoms with Crippen LogP contribution in [0.5, 0.6) is 5.75 Å². The summed E-state index contributed by atoms with van der Waals surface area (Å²) in [6.07, 6.45) is 2.99. The van der Waals surface area contributed by atoms with Crippen LogP contribution in [0.4, 0.5) is 0 Å². The lowest BCUT2D eigenvalue weighted by Crippen LogP contribution is -2.52. The van der Waals surface area contributed by atoms with Crippen molar-refractivity contribution in [1.29, 1.82) is 0 Å². The smallest absolute Gasteiger partial charge is 0.249 e. The van der Waals surface area contributed by atoms with E-state index in [1.165, 1.54) is 7.11 Å². The van der Waals surface area contributed by atoms with Crippen LogP contribution >= 0.6 is 0 Å². The van der Waals surface area contributed by atoms with E-state index in [-0.39, 0.29) is 30.4 Å². The molecule has 2 fully saturated rings. The molecule has 1 amide bonds. The minimum Gasteiger partial charge on any atom is -0.484 e. The highest BCUT2D eigenvalue weighted by atomic mass is 16.5. The number of carbonyl (C=O) groups is 2. The first-order valence-electron chi connectivity index (χ1n) is 7.76. The van der Waals surface area contributed by atoms with Crippen LogP contribution in [0.3, 0.4) is 0 Å². The Hall–Kier alpha value is -1.88. The SMILES string of the molecule is COCC(=O)N1[C@@H]2CC[C@H]1[C@]1(CC(=O)c3ccccc3O1)C2. The second kappa shape index (κ2) is 4.81. The number of Topliss-reactive ketones (excluding diaryl/α,β-unsaturated/α-hetero) is 1. The third-order valence-electron chi connectivity index (χ3n) is 5.21. The van der Waals surface area contributed by atoms with Crippen molar-refractivity contribution in [2.45, 2.75) is 43.4 Å². The lowest BCUT2D eigenvalue weighted by atomic mass is 9.78. The van der Waals surface area contributed by atoms with Crippen LogP contribution < -0.4 is 4.74 Å². The number of hydrogen-bond acceptors (Lipinski definition) is 4. The molecule has 4 rings (SSSR count). The first-order chi connectivity index (χ1) is 10.6. The number of amides is 1. The molecule has 3 heterocycles. The molecule has 1 spiro atoms. The summed E-state index contributed by atoms with van der Waals surface area (Å²) in [4.78, 5) is 26.7. The summed E-state index contributed by atoms with van der Waals surface area (Å²) in [7, 11) is 1.53. The predicted molar refractivity (Wildman–Crippen MR) is 78.9 cm³/mol. The lowest BCUT2D eigenvalue weighted by molar-refractivity contribution is -0.137. The van der Waals surface area contributed by atoms with E-state index in [4.69, 9.17) is 9.47 Å². The Morgan fingerprint density at radius 3 is 3.05 bits per heavy atom. The van der Waals surface area contributed by atoms with Crippen LogP contribution in [0, 0.1) is 0 Å². The van der Waals surface area contributed by atoms with Gasteiger partial charge in [-0.15, -0.1) is 0 Å². The molecule has 5 heteroatoms. The van der Waals surface area contributed by atoms with Crippen molar-refractivity contribution in [3.05, 3.63) is 29.8 Å². The van der Waals surface area contributed by atoms with E-state index < -0.39 is 5.60 Å². The maximum absolute atomic E-state index is 12.5. The van der Waals surface area contributed by atoms with Crippen molar-refractivity contribution in [3.8, 4) is 5.75 Å². The molecule has 2 bridgehead atoms. The first-order valence-corrected chi connectivity index (χ1v) is 7.76. The van der Waals surface area contributed by atoms with Crippen molar-refractivity contribution < 1.29 is 19.1 Å². The third kappa shape index (κ3) is 1.81. The van der Waals surface area contributed by atoms with Crippen LogP contribution in [0.1, 0.15) is 36.0 Å². The van der Waals surface area contributed by atoms with Gasteiger partial charge in [-0.3, -0.25) is 9.59 Å². The second-order valence-corrected chi connectivity index (χ2v) is 6.45. The molecule has 22 heavy (non-hydrogen) atoms. The molecule has 3 aliphatic heterocycles. The van der Waals surface area contributed by atoms with Crippen LogP contribution in [0.2, 0.25) is 0 Å². The van der Waals surface area contributed by atoms with Crippen LogP contribution in [0.25, 0.3) is 0 Å². The molecular formula is C17H19NO4. The molecular weight excluding hydrogens is 282 g/mol. The molecule has 2 saturated heterocycles. The number of methoxy groups -OCH3 is 1. The highest BCUT2D eigenvalue weighted by Gasteiger charge is 2.61. The van der Waals surface area contributed by atoms with Gasteiger partial charge in [0.2, 0.25) is 5.91 Å². The summed E-state index contributed by atoms with van der Waals surface area (Å²) in [5, 5.41) is 0. The van der Waals surface area contributed by atoms with Gasteiger partial charge >= 0.3 is 0 Å². The molecule has 5 nitrogen and oxygen atoms in total. The number of ether oxygens (including phenoxy) is 2. The molecule has 0 unspecified atom stereocenters. The monoisotopic (exact) mass is 301 g/mol. The average molecular weight is 301 g/mol. The molecule has 0 radical (unpaired) electrons. The molecule has 0 saturated carbocycles. The van der Waals surface area contributed by atoms with E-state index in [2.05, 4.69) is 0 Å². The molecule has 3 aliphatic rings. The maximum atomic E-state index is 12.5. The van der Waals surface area contributed by atoms with Gasteiger partial charge in [0.05, 0.1) is 18.0 Å². The number of hydrogen-bond donors (Lipinski definition) is 0. The minimum absolute atomic E-state index is 0.00165. The Bertz CT molecular complexity index is 643. The molecule has 116 valence electrons. The molecule has 3 atom stereocenters. The molecule has 1 aromatic carbocycles. The average Bonchev–Trinajstić information content (AvgIpc) is 3.03. The number of benzene rings is 1. The predicted octanol–water partition coefficient (Wildman–Crippen LogP) is 1.80. The van der Waals surface area contributed by atoms with Gasteiger partial charge in [0, 0.05) is 19.6 Å². The van der Waals surface area contributed by atoms with Gasteiger partial charge in [-0.1, -0.05) is 12.1 Å². The van der Waals surface area contributed by atoms with E-state index in [9.17, 15) is 9.59 Å². The fourth-order valence-corrected chi connectivity index (χ4v) is 4.42. The Labute approximate surface area is 129 Å². The van der Waals surface area contributed by atoms with E-state index >= 15 is 0 Å². The summed E-state index contributed by atoms with van der Waals surface area (Å²) in [5.74, 6) is 0.778. The maximum Gasteiger partial charge on any atom is 0.249 e. The fraction of sp³-hybridized carbons (Fsp3) is 0.529. The second-order valence-electron chi connectivity index (χ2n) is 6.45. The zero-order chi connectivity index (χ0) is 15.3. The standard InChI is InChI=1S/C17H19NO4/c1-21-10-16(20)18-11-6-7-15(18)17(8-11)9-13(19)12-4-2-3-5-14(12)22-17/h2-5,11,15H,6-10H2,1H3/t11-,15+,17-/m1/s1. The summed E-state index contributed by atoms with van der Waals surface area (Å²) < 4.78 is 11.3. The molecule has 0 N–H and O–H groups in total. The van der Waals surface area contributed by atoms with Gasteiger partial charge in [-0.05, 0) is 25.0 Å². The van der Waals surface area contributed by atoms with Crippen molar-refractivity contribution in [2.75, 3.05) is 13.7 Å². The van der Waals surface area contributed by atoms with Gasteiger partial charge < -0.3 is 14.4 Å². The van der Waals surface area contributed by atoms with Crippen LogP contribution in [-0.2, 0) is 9.53 Å². The number of rotatable bonds is 2. The van der Waals surface area contributed by atoms with Gasteiger partial charge in [-0.25, -0.2) is 0 Å². The van der Waals surface area contributed by atoms with Crippen LogP contribution in [-0.4, -0.2) is 48.0 Å². The largest absolute Gasteiger partial charge is 0.484 e. The number of carbonyl (C=O) groups excluding carboxylic acids is 2. The highest BCUT2D eigenvalue weighted by Crippen LogP contribution is 2.51. The van der Waals surface area contributed by atoms with Gasteiger partial charge in [0.15, 0.2) is 5.78 Å². The quantitative estimate of drug-likeness (QED) is 0.836. The zero-order valence-corrected chi connectivity index (χ0v) is 12.6. The number of para-hydroxylation sites is 1. The summed E-state index contributed by atoms with van der Waals surface area (Å²) in [6.45, 7) is 0.0909. The van der Waals surface area contributed by atoms with Gasteiger partial charge in [-0.2, -0.15) is 0 Å². The molecule has 0 aromatic heterocycles. The van der Waals surface area contributed by atoms with Crippen molar-refractivity contribution >= 4 is 11.7 Å². The fourth-order valence-electron chi connectivity index (χ4n) is 4.42. The Balaban J connectivity index is 1.67. The van der Waals surface area contributed by atoms with Gasteiger partial charge in [0.1, 0.15) is 18.0 Å².